The van der Waals surface area contributed by atoms with Crippen molar-refractivity contribution in [2.24, 2.45) is 0 Å². The number of carbonyl (C=O) groups excluding carboxylic acids is 1. The van der Waals surface area contributed by atoms with Crippen molar-refractivity contribution in [2.45, 2.75) is 31.4 Å². The van der Waals surface area contributed by atoms with Gasteiger partial charge in [-0.2, -0.15) is 0 Å². The van der Waals surface area contributed by atoms with E-state index in [9.17, 15) is 4.79 Å². The molecule has 1 aromatic heterocycles. The molecule has 0 spiro atoms. The van der Waals surface area contributed by atoms with Crippen LogP contribution in [0.25, 0.3) is 5.69 Å². The van der Waals surface area contributed by atoms with E-state index in [0.29, 0.717) is 29.6 Å². The highest BCUT2D eigenvalue weighted by Crippen LogP contribution is 2.30. The van der Waals surface area contributed by atoms with Crippen LogP contribution in [0.15, 0.2) is 30.5 Å². The van der Waals surface area contributed by atoms with E-state index < -0.39 is 0 Å². The molecule has 1 amide bonds. The van der Waals surface area contributed by atoms with Gasteiger partial charge in [-0.15, -0.1) is 5.10 Å². The number of morpholine rings is 1. The fourth-order valence-electron chi connectivity index (χ4n) is 3.44. The molecular weight excluding hydrogens is 316 g/mol. The number of hydrogen-bond donors (Lipinski definition) is 0. The SMILES string of the molecule is O=C(c1cn(-c2ccccc2Cl)nn1)N1CCOC2CCCC21. The number of halogens is 1. The molecule has 2 fully saturated rings. The Morgan fingerprint density at radius 2 is 2.17 bits per heavy atom. The standard InChI is InChI=1S/C16H17ClN4O2/c17-11-4-1-2-5-13(11)21-10-12(18-19-21)16(22)20-8-9-23-15-7-3-6-14(15)20/h1-2,4-5,10,14-15H,3,6-9H2. The van der Waals surface area contributed by atoms with Crippen LogP contribution in [0, 0.1) is 0 Å². The minimum absolute atomic E-state index is 0.0801. The van der Waals surface area contributed by atoms with Gasteiger partial charge in [0.05, 0.1) is 35.7 Å². The molecule has 2 aliphatic rings. The smallest absolute Gasteiger partial charge is 0.276 e. The van der Waals surface area contributed by atoms with E-state index in [2.05, 4.69) is 10.3 Å². The molecule has 1 saturated heterocycles. The molecule has 120 valence electrons. The Balaban J connectivity index is 1.59. The van der Waals surface area contributed by atoms with Gasteiger partial charge in [0.15, 0.2) is 5.69 Å². The van der Waals surface area contributed by atoms with E-state index in [-0.39, 0.29) is 18.1 Å². The van der Waals surface area contributed by atoms with Crippen LogP contribution in [-0.2, 0) is 4.74 Å². The van der Waals surface area contributed by atoms with E-state index >= 15 is 0 Å². The molecular formula is C16H17ClN4O2. The molecule has 2 heterocycles. The molecule has 7 heteroatoms. The first-order chi connectivity index (χ1) is 11.2. The Morgan fingerprint density at radius 1 is 1.30 bits per heavy atom. The number of rotatable bonds is 2. The first kappa shape index (κ1) is 14.7. The normalized spacial score (nSPS) is 23.8. The predicted octanol–water partition coefficient (Wildman–Crippen LogP) is 2.31. The summed E-state index contributed by atoms with van der Waals surface area (Å²) < 4.78 is 7.30. The minimum Gasteiger partial charge on any atom is -0.374 e. The third-order valence-electron chi connectivity index (χ3n) is 4.55. The van der Waals surface area contributed by atoms with Crippen LogP contribution >= 0.6 is 11.6 Å². The zero-order valence-electron chi connectivity index (χ0n) is 12.6. The van der Waals surface area contributed by atoms with E-state index in [1.165, 1.54) is 0 Å². The summed E-state index contributed by atoms with van der Waals surface area (Å²) in [5.74, 6) is -0.0801. The van der Waals surface area contributed by atoms with E-state index in [4.69, 9.17) is 16.3 Å². The first-order valence-electron chi connectivity index (χ1n) is 7.84. The van der Waals surface area contributed by atoms with Crippen LogP contribution in [0.1, 0.15) is 29.8 Å². The quantitative estimate of drug-likeness (QED) is 0.846. The molecule has 23 heavy (non-hydrogen) atoms. The van der Waals surface area contributed by atoms with Gasteiger partial charge in [0, 0.05) is 6.54 Å². The number of ether oxygens (including phenoxy) is 1. The topological polar surface area (TPSA) is 60.2 Å². The lowest BCUT2D eigenvalue weighted by molar-refractivity contribution is -0.0447. The molecule has 2 aromatic rings. The second-order valence-electron chi connectivity index (χ2n) is 5.91. The third-order valence-corrected chi connectivity index (χ3v) is 4.87. The molecule has 0 N–H and O–H groups in total. The van der Waals surface area contributed by atoms with Crippen LogP contribution < -0.4 is 0 Å². The maximum atomic E-state index is 12.8. The summed E-state index contributed by atoms with van der Waals surface area (Å²) in [6, 6.07) is 7.51. The number of amides is 1. The average molecular weight is 333 g/mol. The fourth-order valence-corrected chi connectivity index (χ4v) is 3.66. The van der Waals surface area contributed by atoms with Gasteiger partial charge in [0.1, 0.15) is 0 Å². The van der Waals surface area contributed by atoms with Gasteiger partial charge in [0.25, 0.3) is 5.91 Å². The number of carbonyl (C=O) groups is 1. The number of hydrogen-bond acceptors (Lipinski definition) is 4. The molecule has 1 saturated carbocycles. The van der Waals surface area contributed by atoms with Crippen LogP contribution in [0.3, 0.4) is 0 Å². The summed E-state index contributed by atoms with van der Waals surface area (Å²) in [4.78, 5) is 14.7. The molecule has 1 aliphatic carbocycles. The monoisotopic (exact) mass is 332 g/mol. The number of para-hydroxylation sites is 1. The second-order valence-corrected chi connectivity index (χ2v) is 6.31. The molecule has 1 aliphatic heterocycles. The molecule has 6 nitrogen and oxygen atoms in total. The number of fused-ring (bicyclic) bond motifs is 1. The summed E-state index contributed by atoms with van der Waals surface area (Å²) in [5.41, 5.74) is 1.05. The van der Waals surface area contributed by atoms with Crippen molar-refractivity contribution >= 4 is 17.5 Å². The van der Waals surface area contributed by atoms with Gasteiger partial charge in [-0.25, -0.2) is 4.68 Å². The van der Waals surface area contributed by atoms with Crippen molar-refractivity contribution in [3.05, 3.63) is 41.2 Å². The maximum absolute atomic E-state index is 12.8. The van der Waals surface area contributed by atoms with Crippen LogP contribution in [-0.4, -0.2) is 51.1 Å². The number of nitrogens with zero attached hydrogens (tertiary/aromatic N) is 4. The van der Waals surface area contributed by atoms with Crippen molar-refractivity contribution in [1.82, 2.24) is 19.9 Å². The summed E-state index contributed by atoms with van der Waals surface area (Å²) >= 11 is 6.17. The van der Waals surface area contributed by atoms with Gasteiger partial charge in [-0.05, 0) is 31.4 Å². The van der Waals surface area contributed by atoms with E-state index in [1.807, 2.05) is 23.1 Å². The van der Waals surface area contributed by atoms with E-state index in [1.54, 1.807) is 16.9 Å². The number of aromatic nitrogens is 3. The second kappa shape index (κ2) is 5.94. The first-order valence-corrected chi connectivity index (χ1v) is 8.21. The third kappa shape index (κ3) is 2.62. The van der Waals surface area contributed by atoms with Gasteiger partial charge in [-0.3, -0.25) is 4.79 Å². The Kier molecular flexibility index (Phi) is 3.79. The van der Waals surface area contributed by atoms with Crippen molar-refractivity contribution in [1.29, 1.82) is 0 Å². The average Bonchev–Trinajstić information content (AvgIpc) is 3.23. The van der Waals surface area contributed by atoms with Crippen molar-refractivity contribution in [3.8, 4) is 5.69 Å². The summed E-state index contributed by atoms with van der Waals surface area (Å²) in [7, 11) is 0. The van der Waals surface area contributed by atoms with Crippen LogP contribution in [0.4, 0.5) is 0 Å². The lowest BCUT2D eigenvalue weighted by Crippen LogP contribution is -2.51. The van der Waals surface area contributed by atoms with Gasteiger partial charge >= 0.3 is 0 Å². The highest BCUT2D eigenvalue weighted by Gasteiger charge is 2.39. The molecule has 4 rings (SSSR count). The minimum atomic E-state index is -0.0801. The Morgan fingerprint density at radius 3 is 3.04 bits per heavy atom. The molecule has 2 unspecified atom stereocenters. The largest absolute Gasteiger partial charge is 0.374 e. The lowest BCUT2D eigenvalue weighted by Gasteiger charge is -2.37. The highest BCUT2D eigenvalue weighted by atomic mass is 35.5. The lowest BCUT2D eigenvalue weighted by atomic mass is 10.1. The van der Waals surface area contributed by atoms with Crippen LogP contribution in [0.2, 0.25) is 5.02 Å². The number of benzene rings is 1. The van der Waals surface area contributed by atoms with Crippen molar-refractivity contribution in [3.63, 3.8) is 0 Å². The van der Waals surface area contributed by atoms with Gasteiger partial charge < -0.3 is 9.64 Å². The van der Waals surface area contributed by atoms with Crippen molar-refractivity contribution in [2.75, 3.05) is 13.2 Å². The molecule has 2 atom stereocenters. The Hall–Kier alpha value is -1.92. The zero-order valence-corrected chi connectivity index (χ0v) is 13.3. The summed E-state index contributed by atoms with van der Waals surface area (Å²) in [6.07, 6.45) is 4.94. The van der Waals surface area contributed by atoms with E-state index in [0.717, 1.165) is 19.3 Å². The summed E-state index contributed by atoms with van der Waals surface area (Å²) in [5, 5.41) is 8.67. The molecule has 0 radical (unpaired) electrons. The summed E-state index contributed by atoms with van der Waals surface area (Å²) in [6.45, 7) is 1.20. The molecule has 1 aromatic carbocycles. The van der Waals surface area contributed by atoms with Crippen molar-refractivity contribution < 1.29 is 9.53 Å². The molecule has 0 bridgehead atoms. The maximum Gasteiger partial charge on any atom is 0.276 e. The zero-order chi connectivity index (χ0) is 15.8. The van der Waals surface area contributed by atoms with Gasteiger partial charge in [0.2, 0.25) is 0 Å². The van der Waals surface area contributed by atoms with Gasteiger partial charge in [-0.1, -0.05) is 28.9 Å². The predicted molar refractivity (Wildman–Crippen MR) is 84.8 cm³/mol. The Labute approximate surface area is 139 Å². The Bertz CT molecular complexity index is 732. The highest BCUT2D eigenvalue weighted by molar-refractivity contribution is 6.32. The van der Waals surface area contributed by atoms with Crippen LogP contribution in [0.5, 0.6) is 0 Å². The fraction of sp³-hybridized carbons (Fsp3) is 0.438.